The summed E-state index contributed by atoms with van der Waals surface area (Å²) in [4.78, 5) is 0. The molecule has 1 fully saturated rings. The lowest BCUT2D eigenvalue weighted by molar-refractivity contribution is 0.177. The van der Waals surface area contributed by atoms with Crippen LogP contribution in [0, 0.1) is 11.3 Å². The monoisotopic (exact) mass is 200 g/mol. The van der Waals surface area contributed by atoms with Gasteiger partial charge in [0.15, 0.2) is 0 Å². The molecule has 0 radical (unpaired) electrons. The first-order chi connectivity index (χ1) is 6.60. The number of nitrogens with two attached hydrogens (primary N) is 1. The van der Waals surface area contributed by atoms with Gasteiger partial charge in [-0.2, -0.15) is 0 Å². The van der Waals surface area contributed by atoms with Crippen molar-refractivity contribution in [2.24, 2.45) is 17.1 Å². The first-order valence-electron chi connectivity index (χ1n) is 5.56. The molecule has 0 aromatic carbocycles. The summed E-state index contributed by atoms with van der Waals surface area (Å²) in [7, 11) is 1.69. The number of rotatable bonds is 7. The van der Waals surface area contributed by atoms with Crippen molar-refractivity contribution < 1.29 is 4.74 Å². The summed E-state index contributed by atoms with van der Waals surface area (Å²) in [6.45, 7) is 7.24. The minimum Gasteiger partial charge on any atom is -0.383 e. The molecule has 1 aliphatic carbocycles. The maximum atomic E-state index is 5.82. The van der Waals surface area contributed by atoms with Gasteiger partial charge < -0.3 is 15.8 Å². The van der Waals surface area contributed by atoms with Gasteiger partial charge in [0.1, 0.15) is 0 Å². The fourth-order valence-electron chi connectivity index (χ4n) is 1.90. The van der Waals surface area contributed by atoms with Crippen molar-refractivity contribution in [1.29, 1.82) is 0 Å². The first kappa shape index (κ1) is 12.0. The van der Waals surface area contributed by atoms with Gasteiger partial charge >= 0.3 is 0 Å². The highest BCUT2D eigenvalue weighted by Gasteiger charge is 2.44. The first-order valence-corrected chi connectivity index (χ1v) is 5.56. The van der Waals surface area contributed by atoms with Gasteiger partial charge in [0.05, 0.1) is 6.61 Å². The van der Waals surface area contributed by atoms with E-state index >= 15 is 0 Å². The van der Waals surface area contributed by atoms with E-state index < -0.39 is 0 Å². The van der Waals surface area contributed by atoms with Gasteiger partial charge in [-0.15, -0.1) is 0 Å². The van der Waals surface area contributed by atoms with Crippen molar-refractivity contribution in [3.8, 4) is 0 Å². The van der Waals surface area contributed by atoms with Crippen LogP contribution < -0.4 is 11.1 Å². The lowest BCUT2D eigenvalue weighted by Gasteiger charge is -2.21. The Labute approximate surface area is 87.4 Å². The normalized spacial score (nSPS) is 21.2. The topological polar surface area (TPSA) is 47.3 Å². The van der Waals surface area contributed by atoms with E-state index in [1.54, 1.807) is 7.11 Å². The fraction of sp³-hybridized carbons (Fsp3) is 1.00. The van der Waals surface area contributed by atoms with Gasteiger partial charge in [-0.3, -0.25) is 0 Å². The summed E-state index contributed by atoms with van der Waals surface area (Å²) in [5.41, 5.74) is 6.40. The molecule has 1 aliphatic rings. The molecule has 0 aromatic heterocycles. The molecule has 0 spiro atoms. The van der Waals surface area contributed by atoms with Crippen LogP contribution in [0.5, 0.6) is 0 Å². The minimum atomic E-state index is 0.128. The Bertz CT molecular complexity index is 167. The van der Waals surface area contributed by atoms with E-state index in [9.17, 15) is 0 Å². The predicted molar refractivity (Wildman–Crippen MR) is 59.2 cm³/mol. The third-order valence-electron chi connectivity index (χ3n) is 3.38. The maximum absolute atomic E-state index is 5.82. The molecule has 3 heteroatoms. The summed E-state index contributed by atoms with van der Waals surface area (Å²) in [5.74, 6) is 0.786. The zero-order valence-electron chi connectivity index (χ0n) is 9.68. The Kier molecular flexibility index (Phi) is 4.35. The van der Waals surface area contributed by atoms with Crippen molar-refractivity contribution in [2.45, 2.75) is 32.7 Å². The van der Waals surface area contributed by atoms with Crippen molar-refractivity contribution in [1.82, 2.24) is 5.32 Å². The van der Waals surface area contributed by atoms with Crippen LogP contribution in [0.2, 0.25) is 0 Å². The van der Waals surface area contributed by atoms with Crippen LogP contribution in [-0.2, 0) is 4.74 Å². The molecule has 1 saturated carbocycles. The molecular formula is C11H24N2O. The van der Waals surface area contributed by atoms with Crippen molar-refractivity contribution in [3.63, 3.8) is 0 Å². The smallest absolute Gasteiger partial charge is 0.0626 e. The summed E-state index contributed by atoms with van der Waals surface area (Å²) in [6, 6.07) is 0.128. The molecule has 0 heterocycles. The van der Waals surface area contributed by atoms with E-state index in [4.69, 9.17) is 10.5 Å². The molecular weight excluding hydrogens is 176 g/mol. The molecule has 1 unspecified atom stereocenters. The molecule has 0 aliphatic heterocycles. The van der Waals surface area contributed by atoms with Gasteiger partial charge in [-0.1, -0.05) is 13.8 Å². The third-order valence-corrected chi connectivity index (χ3v) is 3.38. The zero-order valence-corrected chi connectivity index (χ0v) is 9.68. The number of nitrogens with one attached hydrogen (secondary N) is 1. The molecule has 3 N–H and O–H groups in total. The molecule has 1 atom stereocenters. The van der Waals surface area contributed by atoms with Crippen LogP contribution in [0.4, 0.5) is 0 Å². The molecule has 0 saturated heterocycles. The SMILES string of the molecule is COCC(N)CNCC1(C(C)C)CC1. The van der Waals surface area contributed by atoms with Crippen LogP contribution in [0.3, 0.4) is 0 Å². The summed E-state index contributed by atoms with van der Waals surface area (Å²) in [6.07, 6.45) is 2.74. The van der Waals surface area contributed by atoms with Crippen LogP contribution in [0.25, 0.3) is 0 Å². The summed E-state index contributed by atoms with van der Waals surface area (Å²) < 4.78 is 4.98. The van der Waals surface area contributed by atoms with E-state index in [0.717, 1.165) is 19.0 Å². The van der Waals surface area contributed by atoms with Crippen molar-refractivity contribution >= 4 is 0 Å². The number of hydrogen-bond donors (Lipinski definition) is 2. The Hall–Kier alpha value is -0.120. The van der Waals surface area contributed by atoms with E-state index in [2.05, 4.69) is 19.2 Å². The molecule has 0 aromatic rings. The summed E-state index contributed by atoms with van der Waals surface area (Å²) >= 11 is 0. The molecule has 14 heavy (non-hydrogen) atoms. The lowest BCUT2D eigenvalue weighted by atomic mass is 9.92. The van der Waals surface area contributed by atoms with E-state index in [1.165, 1.54) is 12.8 Å². The molecule has 0 amide bonds. The Morgan fingerprint density at radius 3 is 2.50 bits per heavy atom. The Morgan fingerprint density at radius 1 is 1.43 bits per heavy atom. The van der Waals surface area contributed by atoms with Gasteiger partial charge in [0, 0.05) is 26.2 Å². The second kappa shape index (κ2) is 5.10. The highest BCUT2D eigenvalue weighted by Crippen LogP contribution is 2.51. The van der Waals surface area contributed by atoms with Gasteiger partial charge in [-0.25, -0.2) is 0 Å². The standard InChI is InChI=1S/C11H24N2O/c1-9(2)11(4-5-11)8-13-6-10(12)7-14-3/h9-10,13H,4-8,12H2,1-3H3. The van der Waals surface area contributed by atoms with E-state index in [1.807, 2.05) is 0 Å². The van der Waals surface area contributed by atoms with Crippen molar-refractivity contribution in [3.05, 3.63) is 0 Å². The van der Waals surface area contributed by atoms with Gasteiger partial charge in [0.25, 0.3) is 0 Å². The lowest BCUT2D eigenvalue weighted by Crippen LogP contribution is -2.40. The van der Waals surface area contributed by atoms with E-state index in [-0.39, 0.29) is 6.04 Å². The summed E-state index contributed by atoms with van der Waals surface area (Å²) in [5, 5.41) is 3.45. The average molecular weight is 200 g/mol. The average Bonchev–Trinajstić information content (AvgIpc) is 2.86. The largest absolute Gasteiger partial charge is 0.383 e. The van der Waals surface area contributed by atoms with Crippen LogP contribution in [0.15, 0.2) is 0 Å². The van der Waals surface area contributed by atoms with Crippen LogP contribution >= 0.6 is 0 Å². The van der Waals surface area contributed by atoms with Crippen LogP contribution in [0.1, 0.15) is 26.7 Å². The van der Waals surface area contributed by atoms with Gasteiger partial charge in [-0.05, 0) is 24.2 Å². The predicted octanol–water partition coefficient (Wildman–Crippen LogP) is 0.986. The Morgan fingerprint density at radius 2 is 2.07 bits per heavy atom. The maximum Gasteiger partial charge on any atom is 0.0626 e. The quantitative estimate of drug-likeness (QED) is 0.644. The highest BCUT2D eigenvalue weighted by molar-refractivity contribution is 4.97. The highest BCUT2D eigenvalue weighted by atomic mass is 16.5. The molecule has 84 valence electrons. The number of methoxy groups -OCH3 is 1. The van der Waals surface area contributed by atoms with Gasteiger partial charge in [0.2, 0.25) is 0 Å². The molecule has 1 rings (SSSR count). The fourth-order valence-corrected chi connectivity index (χ4v) is 1.90. The molecule has 3 nitrogen and oxygen atoms in total. The second-order valence-electron chi connectivity index (χ2n) is 4.86. The van der Waals surface area contributed by atoms with E-state index in [0.29, 0.717) is 12.0 Å². The number of ether oxygens (including phenoxy) is 1. The van der Waals surface area contributed by atoms with Crippen molar-refractivity contribution in [2.75, 3.05) is 26.8 Å². The molecule has 0 bridgehead atoms. The second-order valence-corrected chi connectivity index (χ2v) is 4.86. The Balaban J connectivity index is 2.09. The minimum absolute atomic E-state index is 0.128. The zero-order chi connectivity index (χ0) is 10.6. The van der Waals surface area contributed by atoms with Crippen LogP contribution in [-0.4, -0.2) is 32.8 Å². The number of hydrogen-bond acceptors (Lipinski definition) is 3. The third kappa shape index (κ3) is 3.23.